The van der Waals surface area contributed by atoms with Gasteiger partial charge in [-0.3, -0.25) is 9.59 Å². The van der Waals surface area contributed by atoms with E-state index < -0.39 is 0 Å². The van der Waals surface area contributed by atoms with Gasteiger partial charge in [0.25, 0.3) is 0 Å². The minimum absolute atomic E-state index is 0.0377. The summed E-state index contributed by atoms with van der Waals surface area (Å²) in [6.45, 7) is 6.00. The van der Waals surface area contributed by atoms with Gasteiger partial charge in [0.1, 0.15) is 0 Å². The molecule has 0 spiro atoms. The predicted octanol–water partition coefficient (Wildman–Crippen LogP) is 0.974. The van der Waals surface area contributed by atoms with Crippen LogP contribution in [0.1, 0.15) is 19.8 Å². The van der Waals surface area contributed by atoms with Crippen LogP contribution in [0.5, 0.6) is 0 Å². The Bertz CT molecular complexity index is 213. The lowest BCUT2D eigenvalue weighted by molar-refractivity contribution is -0.143. The van der Waals surface area contributed by atoms with Crippen LogP contribution in [-0.4, -0.2) is 37.0 Å². The molecule has 0 fully saturated rings. The van der Waals surface area contributed by atoms with Crippen molar-refractivity contribution in [2.75, 3.05) is 20.2 Å². The molecule has 1 amide bonds. The molecule has 0 aromatic carbocycles. The third-order valence-electron chi connectivity index (χ3n) is 1.70. The highest BCUT2D eigenvalue weighted by atomic mass is 16.5. The normalized spacial score (nSPS) is 9.29. The number of esters is 1. The molecule has 0 aromatic heterocycles. The smallest absolute Gasteiger partial charge is 0.307 e. The third kappa shape index (κ3) is 5.35. The van der Waals surface area contributed by atoms with E-state index in [9.17, 15) is 9.59 Å². The van der Waals surface area contributed by atoms with Crippen LogP contribution in [-0.2, 0) is 14.3 Å². The van der Waals surface area contributed by atoms with E-state index in [0.29, 0.717) is 19.6 Å². The lowest BCUT2D eigenvalue weighted by Gasteiger charge is -2.15. The molecule has 0 bridgehead atoms. The van der Waals surface area contributed by atoms with Gasteiger partial charge in [0.05, 0.1) is 13.0 Å². The van der Waals surface area contributed by atoms with Crippen LogP contribution in [0.3, 0.4) is 0 Å². The molecular formula is C10H17NO3. The van der Waals surface area contributed by atoms with Crippen molar-refractivity contribution in [3.8, 4) is 0 Å². The zero-order chi connectivity index (χ0) is 11.0. The average molecular weight is 199 g/mol. The standard InChI is InChI=1S/C10H17NO3/c1-4-6-9(12)11(3)8-7-10(13)14-5-2/h4H,1,5-8H2,2-3H3. The number of hydrogen-bond acceptors (Lipinski definition) is 3. The predicted molar refractivity (Wildman–Crippen MR) is 53.7 cm³/mol. The van der Waals surface area contributed by atoms with Gasteiger partial charge in [0, 0.05) is 20.0 Å². The van der Waals surface area contributed by atoms with E-state index in [4.69, 9.17) is 4.74 Å². The summed E-state index contributed by atoms with van der Waals surface area (Å²) in [5.74, 6) is -0.310. The first-order chi connectivity index (χ1) is 6.61. The lowest BCUT2D eigenvalue weighted by atomic mass is 10.3. The molecule has 0 aliphatic carbocycles. The first-order valence-corrected chi connectivity index (χ1v) is 4.62. The van der Waals surface area contributed by atoms with Gasteiger partial charge in [-0.1, -0.05) is 6.08 Å². The summed E-state index contributed by atoms with van der Waals surface area (Å²) in [7, 11) is 1.66. The van der Waals surface area contributed by atoms with Crippen LogP contribution in [0.2, 0.25) is 0 Å². The van der Waals surface area contributed by atoms with Crippen LogP contribution < -0.4 is 0 Å². The summed E-state index contributed by atoms with van der Waals surface area (Å²) in [5, 5.41) is 0. The molecule has 80 valence electrons. The highest BCUT2D eigenvalue weighted by Gasteiger charge is 2.09. The van der Waals surface area contributed by atoms with E-state index >= 15 is 0 Å². The maximum absolute atomic E-state index is 11.2. The number of amides is 1. The fraction of sp³-hybridized carbons (Fsp3) is 0.600. The Hall–Kier alpha value is -1.32. The molecule has 0 atom stereocenters. The molecule has 0 unspecified atom stereocenters. The molecule has 0 saturated carbocycles. The molecular weight excluding hydrogens is 182 g/mol. The fourth-order valence-electron chi connectivity index (χ4n) is 0.896. The van der Waals surface area contributed by atoms with Gasteiger partial charge in [-0.2, -0.15) is 0 Å². The quantitative estimate of drug-likeness (QED) is 0.473. The highest BCUT2D eigenvalue weighted by molar-refractivity contribution is 5.78. The molecule has 0 saturated heterocycles. The number of nitrogens with zero attached hydrogens (tertiary/aromatic N) is 1. The highest BCUT2D eigenvalue weighted by Crippen LogP contribution is 1.95. The van der Waals surface area contributed by atoms with Gasteiger partial charge in [0.15, 0.2) is 0 Å². The zero-order valence-corrected chi connectivity index (χ0v) is 8.78. The molecule has 0 radical (unpaired) electrons. The summed E-state index contributed by atoms with van der Waals surface area (Å²) in [4.78, 5) is 23.7. The van der Waals surface area contributed by atoms with Crippen LogP contribution in [0.4, 0.5) is 0 Å². The molecule has 0 aliphatic rings. The Morgan fingerprint density at radius 1 is 1.50 bits per heavy atom. The molecule has 14 heavy (non-hydrogen) atoms. The molecule has 0 rings (SSSR count). The Morgan fingerprint density at radius 3 is 2.64 bits per heavy atom. The molecule has 4 heteroatoms. The molecule has 0 aromatic rings. The number of rotatable bonds is 6. The topological polar surface area (TPSA) is 46.6 Å². The second kappa shape index (κ2) is 7.12. The van der Waals surface area contributed by atoms with Gasteiger partial charge < -0.3 is 9.64 Å². The van der Waals surface area contributed by atoms with Crippen molar-refractivity contribution in [1.82, 2.24) is 4.90 Å². The Kier molecular flexibility index (Phi) is 6.45. The second-order valence-corrected chi connectivity index (χ2v) is 2.86. The van der Waals surface area contributed by atoms with Crippen LogP contribution >= 0.6 is 0 Å². The van der Waals surface area contributed by atoms with Gasteiger partial charge in [-0.15, -0.1) is 6.58 Å². The minimum Gasteiger partial charge on any atom is -0.466 e. The maximum Gasteiger partial charge on any atom is 0.307 e. The van der Waals surface area contributed by atoms with Gasteiger partial charge >= 0.3 is 5.97 Å². The Balaban J connectivity index is 3.72. The Labute approximate surface area is 84.5 Å². The third-order valence-corrected chi connectivity index (χ3v) is 1.70. The van der Waals surface area contributed by atoms with E-state index in [2.05, 4.69) is 6.58 Å². The largest absolute Gasteiger partial charge is 0.466 e. The van der Waals surface area contributed by atoms with Crippen LogP contribution in [0.25, 0.3) is 0 Å². The number of carbonyl (C=O) groups excluding carboxylic acids is 2. The summed E-state index contributed by atoms with van der Waals surface area (Å²) < 4.78 is 4.73. The van der Waals surface area contributed by atoms with E-state index in [1.165, 1.54) is 4.90 Å². The van der Waals surface area contributed by atoms with E-state index in [1.54, 1.807) is 20.0 Å². The van der Waals surface area contributed by atoms with Crippen LogP contribution in [0, 0.1) is 0 Å². The maximum atomic E-state index is 11.2. The van der Waals surface area contributed by atoms with Crippen molar-refractivity contribution in [2.24, 2.45) is 0 Å². The summed E-state index contributed by atoms with van der Waals surface area (Å²) in [6.07, 6.45) is 2.09. The number of carbonyl (C=O) groups is 2. The summed E-state index contributed by atoms with van der Waals surface area (Å²) in [5.41, 5.74) is 0. The van der Waals surface area contributed by atoms with Gasteiger partial charge in [0.2, 0.25) is 5.91 Å². The zero-order valence-electron chi connectivity index (χ0n) is 8.78. The van der Waals surface area contributed by atoms with Crippen molar-refractivity contribution < 1.29 is 14.3 Å². The minimum atomic E-state index is -0.272. The Morgan fingerprint density at radius 2 is 2.14 bits per heavy atom. The first kappa shape index (κ1) is 12.7. The van der Waals surface area contributed by atoms with Crippen molar-refractivity contribution in [1.29, 1.82) is 0 Å². The van der Waals surface area contributed by atoms with Crippen molar-refractivity contribution >= 4 is 11.9 Å². The van der Waals surface area contributed by atoms with E-state index in [0.717, 1.165) is 0 Å². The van der Waals surface area contributed by atoms with Crippen molar-refractivity contribution in [3.63, 3.8) is 0 Å². The molecule has 0 heterocycles. The van der Waals surface area contributed by atoms with E-state index in [1.807, 2.05) is 0 Å². The fourth-order valence-corrected chi connectivity index (χ4v) is 0.896. The molecule has 0 aliphatic heterocycles. The number of hydrogen-bond donors (Lipinski definition) is 0. The first-order valence-electron chi connectivity index (χ1n) is 4.62. The number of ether oxygens (including phenoxy) is 1. The second-order valence-electron chi connectivity index (χ2n) is 2.86. The average Bonchev–Trinajstić information content (AvgIpc) is 2.15. The molecule has 0 N–H and O–H groups in total. The monoisotopic (exact) mass is 199 g/mol. The van der Waals surface area contributed by atoms with Crippen molar-refractivity contribution in [2.45, 2.75) is 19.8 Å². The van der Waals surface area contributed by atoms with Gasteiger partial charge in [-0.05, 0) is 6.92 Å². The van der Waals surface area contributed by atoms with Gasteiger partial charge in [-0.25, -0.2) is 0 Å². The SMILES string of the molecule is C=CCC(=O)N(C)CCC(=O)OCC. The van der Waals surface area contributed by atoms with E-state index in [-0.39, 0.29) is 18.3 Å². The lowest BCUT2D eigenvalue weighted by Crippen LogP contribution is -2.28. The van der Waals surface area contributed by atoms with Crippen molar-refractivity contribution in [3.05, 3.63) is 12.7 Å². The molecule has 4 nitrogen and oxygen atoms in total. The summed E-state index contributed by atoms with van der Waals surface area (Å²) in [6, 6.07) is 0. The van der Waals surface area contributed by atoms with Crippen LogP contribution in [0.15, 0.2) is 12.7 Å². The summed E-state index contributed by atoms with van der Waals surface area (Å²) >= 11 is 0.